The summed E-state index contributed by atoms with van der Waals surface area (Å²) in [7, 11) is 0. The molecule has 1 saturated heterocycles. The van der Waals surface area contributed by atoms with Gasteiger partial charge in [0.05, 0.1) is 0 Å². The predicted molar refractivity (Wildman–Crippen MR) is 103 cm³/mol. The maximum atomic E-state index is 12.3. The molecular weight excluding hydrogens is 368 g/mol. The molecule has 1 heterocycles. The van der Waals surface area contributed by atoms with Crippen LogP contribution in [0.15, 0.2) is 59.5 Å². The van der Waals surface area contributed by atoms with Gasteiger partial charge in [-0.25, -0.2) is 0 Å². The number of amides is 1. The fourth-order valence-electron chi connectivity index (χ4n) is 3.35. The molecule has 0 radical (unpaired) electrons. The number of alkyl halides is 2. The number of hydrogen-bond donors (Lipinski definition) is 3. The van der Waals surface area contributed by atoms with Crippen molar-refractivity contribution in [3.8, 4) is 0 Å². The van der Waals surface area contributed by atoms with E-state index < -0.39 is 5.76 Å². The first-order valence-corrected chi connectivity index (χ1v) is 10.0. The first-order valence-electron chi connectivity index (χ1n) is 9.14. The van der Waals surface area contributed by atoms with Crippen LogP contribution in [-0.4, -0.2) is 44.4 Å². The summed E-state index contributed by atoms with van der Waals surface area (Å²) in [4.78, 5) is 15.6. The normalized spacial score (nSPS) is 19.8. The zero-order valence-electron chi connectivity index (χ0n) is 15.1. The van der Waals surface area contributed by atoms with E-state index in [1.807, 2.05) is 6.07 Å². The third-order valence-corrected chi connectivity index (χ3v) is 5.46. The summed E-state index contributed by atoms with van der Waals surface area (Å²) < 4.78 is 24.7. The van der Waals surface area contributed by atoms with Crippen LogP contribution in [0.25, 0.3) is 0 Å². The van der Waals surface area contributed by atoms with Gasteiger partial charge in [-0.05, 0) is 24.3 Å². The van der Waals surface area contributed by atoms with E-state index in [1.54, 1.807) is 29.2 Å². The van der Waals surface area contributed by atoms with E-state index in [2.05, 4.69) is 29.6 Å². The molecule has 2 aromatic carbocycles. The second kappa shape index (κ2) is 9.82. The van der Waals surface area contributed by atoms with Gasteiger partial charge < -0.3 is 15.1 Å². The number of rotatable bonds is 7. The van der Waals surface area contributed by atoms with Crippen molar-refractivity contribution in [1.29, 1.82) is 0 Å². The minimum Gasteiger partial charge on any atom is -0.322 e. The number of carbonyl (C=O) groups excluding carboxylic acids is 1. The van der Waals surface area contributed by atoms with Gasteiger partial charge in [-0.3, -0.25) is 4.79 Å². The largest absolute Gasteiger partial charge is 0.322 e. The van der Waals surface area contributed by atoms with Crippen molar-refractivity contribution in [2.45, 2.75) is 17.2 Å². The van der Waals surface area contributed by atoms with Crippen LogP contribution in [-0.2, 0) is 11.3 Å². The molecule has 0 bridgehead atoms. The summed E-state index contributed by atoms with van der Waals surface area (Å²) in [6.07, 6.45) is 0. The fourth-order valence-corrected chi connectivity index (χ4v) is 3.85. The van der Waals surface area contributed by atoms with Gasteiger partial charge in [0.2, 0.25) is 0 Å². The third kappa shape index (κ3) is 6.61. The van der Waals surface area contributed by atoms with Crippen molar-refractivity contribution >= 4 is 23.4 Å². The summed E-state index contributed by atoms with van der Waals surface area (Å²) in [6, 6.07) is 17.0. The summed E-state index contributed by atoms with van der Waals surface area (Å²) in [5.41, 5.74) is 1.99. The Kier molecular flexibility index (Phi) is 7.20. The number of thioether (sulfide) groups is 1. The van der Waals surface area contributed by atoms with Gasteiger partial charge in [0.25, 0.3) is 11.7 Å². The highest BCUT2D eigenvalue weighted by atomic mass is 32.2. The van der Waals surface area contributed by atoms with E-state index in [-0.39, 0.29) is 5.91 Å². The van der Waals surface area contributed by atoms with E-state index in [0.717, 1.165) is 32.7 Å². The lowest BCUT2D eigenvalue weighted by atomic mass is 10.2. The molecule has 0 aromatic heterocycles. The van der Waals surface area contributed by atoms with Gasteiger partial charge in [0, 0.05) is 16.1 Å². The Bertz CT molecular complexity index is 720. The molecule has 0 atom stereocenters. The quantitative estimate of drug-likeness (QED) is 0.612. The number of carbonyl (C=O) groups is 1. The highest BCUT2D eigenvalue weighted by Gasteiger charge is 2.24. The fraction of sp³-hybridized carbons (Fsp3) is 0.350. The molecule has 3 N–H and O–H groups in total. The molecule has 2 aromatic rings. The molecule has 1 aliphatic heterocycles. The van der Waals surface area contributed by atoms with E-state index >= 15 is 0 Å². The lowest BCUT2D eigenvalue weighted by Gasteiger charge is -2.29. The molecule has 1 aliphatic rings. The second-order valence-electron chi connectivity index (χ2n) is 6.79. The van der Waals surface area contributed by atoms with Gasteiger partial charge in [0.15, 0.2) is 6.54 Å². The van der Waals surface area contributed by atoms with Crippen molar-refractivity contribution in [3.05, 3.63) is 60.2 Å². The Morgan fingerprint density at radius 1 is 0.963 bits per heavy atom. The minimum atomic E-state index is -2.43. The lowest BCUT2D eigenvalue weighted by molar-refractivity contribution is -1.02. The van der Waals surface area contributed by atoms with E-state index in [1.165, 1.54) is 10.5 Å². The summed E-state index contributed by atoms with van der Waals surface area (Å²) >= 11 is 0.503. The number of quaternary nitrogens is 2. The lowest BCUT2D eigenvalue weighted by Crippen LogP contribution is -3.28. The van der Waals surface area contributed by atoms with E-state index in [0.29, 0.717) is 28.9 Å². The Morgan fingerprint density at radius 3 is 2.22 bits per heavy atom. The number of anilines is 1. The highest BCUT2D eigenvalue weighted by Crippen LogP contribution is 2.26. The molecule has 0 unspecified atom stereocenters. The van der Waals surface area contributed by atoms with Crippen LogP contribution in [0.1, 0.15) is 5.56 Å². The molecule has 3 rings (SSSR count). The molecular formula is C20H25F2N3OS+2. The minimum absolute atomic E-state index is 0.0363. The van der Waals surface area contributed by atoms with Crippen LogP contribution in [0.4, 0.5) is 14.5 Å². The van der Waals surface area contributed by atoms with Gasteiger partial charge in [-0.15, -0.1) is 0 Å². The first-order chi connectivity index (χ1) is 13.1. The van der Waals surface area contributed by atoms with Crippen molar-refractivity contribution in [2.24, 2.45) is 0 Å². The van der Waals surface area contributed by atoms with Gasteiger partial charge in [0.1, 0.15) is 32.7 Å². The molecule has 4 nitrogen and oxygen atoms in total. The Balaban J connectivity index is 1.40. The average molecular weight is 394 g/mol. The maximum absolute atomic E-state index is 12.3. The number of hydrogen-bond acceptors (Lipinski definition) is 2. The van der Waals surface area contributed by atoms with Crippen LogP contribution in [0, 0.1) is 0 Å². The van der Waals surface area contributed by atoms with Gasteiger partial charge in [-0.1, -0.05) is 42.1 Å². The van der Waals surface area contributed by atoms with Crippen LogP contribution in [0.2, 0.25) is 0 Å². The van der Waals surface area contributed by atoms with Gasteiger partial charge in [-0.2, -0.15) is 8.78 Å². The maximum Gasteiger partial charge on any atom is 0.288 e. The molecule has 0 spiro atoms. The molecule has 0 saturated carbocycles. The summed E-state index contributed by atoms with van der Waals surface area (Å²) in [5, 5.41) is 2.86. The van der Waals surface area contributed by atoms with Crippen molar-refractivity contribution in [1.82, 2.24) is 0 Å². The van der Waals surface area contributed by atoms with E-state index in [4.69, 9.17) is 0 Å². The molecule has 144 valence electrons. The number of halogens is 2. The standard InChI is InChI=1S/C20H23F2N3OS/c21-20(22)27-18-8-6-17(7-9-18)23-19(26)15-25-12-10-24(11-13-25)14-16-4-2-1-3-5-16/h1-9,20H,10-15H2,(H,23,26)/p+2. The Labute approximate surface area is 162 Å². The molecule has 1 amide bonds. The second-order valence-corrected chi connectivity index (χ2v) is 7.85. The Morgan fingerprint density at radius 2 is 1.59 bits per heavy atom. The summed E-state index contributed by atoms with van der Waals surface area (Å²) in [5.74, 6) is -2.47. The number of benzene rings is 2. The monoisotopic (exact) mass is 393 g/mol. The molecule has 27 heavy (non-hydrogen) atoms. The molecule has 1 fully saturated rings. The average Bonchev–Trinajstić information content (AvgIpc) is 2.65. The number of piperazine rings is 1. The predicted octanol–water partition coefficient (Wildman–Crippen LogP) is 0.923. The zero-order valence-corrected chi connectivity index (χ0v) is 15.9. The van der Waals surface area contributed by atoms with Gasteiger partial charge >= 0.3 is 0 Å². The SMILES string of the molecule is O=C(C[NH+]1CC[NH+](Cc2ccccc2)CC1)Nc1ccc(SC(F)F)cc1. The third-order valence-electron chi connectivity index (χ3n) is 4.73. The van der Waals surface area contributed by atoms with Crippen LogP contribution in [0.3, 0.4) is 0 Å². The number of nitrogens with one attached hydrogen (secondary N) is 3. The van der Waals surface area contributed by atoms with Crippen LogP contribution >= 0.6 is 11.8 Å². The molecule has 7 heteroatoms. The molecule has 0 aliphatic carbocycles. The smallest absolute Gasteiger partial charge is 0.288 e. The van der Waals surface area contributed by atoms with Crippen molar-refractivity contribution in [3.63, 3.8) is 0 Å². The van der Waals surface area contributed by atoms with Crippen molar-refractivity contribution < 1.29 is 23.4 Å². The highest BCUT2D eigenvalue weighted by molar-refractivity contribution is 7.99. The van der Waals surface area contributed by atoms with Crippen LogP contribution in [0.5, 0.6) is 0 Å². The van der Waals surface area contributed by atoms with Crippen LogP contribution < -0.4 is 15.1 Å². The van der Waals surface area contributed by atoms with Crippen molar-refractivity contribution in [2.75, 3.05) is 38.0 Å². The first kappa shape index (κ1) is 19.8. The summed E-state index contributed by atoms with van der Waals surface area (Å²) in [6.45, 7) is 5.52. The van der Waals surface area contributed by atoms with E-state index in [9.17, 15) is 13.6 Å². The zero-order chi connectivity index (χ0) is 19.1. The Hall–Kier alpha value is -1.96. The topological polar surface area (TPSA) is 38.0 Å².